The first-order chi connectivity index (χ1) is 9.06. The molecule has 0 saturated carbocycles. The molecule has 0 radical (unpaired) electrons. The van der Waals surface area contributed by atoms with Gasteiger partial charge in [0.05, 0.1) is 11.9 Å². The fourth-order valence-corrected chi connectivity index (χ4v) is 2.04. The van der Waals surface area contributed by atoms with Gasteiger partial charge in [0.15, 0.2) is 0 Å². The van der Waals surface area contributed by atoms with E-state index in [1.165, 1.54) is 11.1 Å². The second-order valence-electron chi connectivity index (χ2n) is 4.72. The lowest BCUT2D eigenvalue weighted by Gasteiger charge is -2.13. The molecule has 0 aliphatic heterocycles. The molecule has 19 heavy (non-hydrogen) atoms. The summed E-state index contributed by atoms with van der Waals surface area (Å²) in [6.45, 7) is 2.84. The Morgan fingerprint density at radius 1 is 1.21 bits per heavy atom. The topological polar surface area (TPSA) is 28.2 Å². The zero-order valence-corrected chi connectivity index (χ0v) is 12.2. The largest absolute Gasteiger partial charge is 0.380 e. The molecule has 4 heteroatoms. The molecule has 0 aliphatic carbocycles. The van der Waals surface area contributed by atoms with Crippen molar-refractivity contribution in [2.24, 2.45) is 0 Å². The maximum Gasteiger partial charge on any atom is 0.128 e. The fourth-order valence-electron chi connectivity index (χ4n) is 1.81. The molecule has 0 saturated heterocycles. The van der Waals surface area contributed by atoms with E-state index in [-0.39, 0.29) is 0 Å². The van der Waals surface area contributed by atoms with Gasteiger partial charge >= 0.3 is 0 Å². The summed E-state index contributed by atoms with van der Waals surface area (Å²) in [7, 11) is 3.96. The van der Waals surface area contributed by atoms with Crippen LogP contribution in [0.3, 0.4) is 0 Å². The predicted molar refractivity (Wildman–Crippen MR) is 82.1 cm³/mol. The van der Waals surface area contributed by atoms with Crippen molar-refractivity contribution in [3.8, 4) is 0 Å². The number of hydrogen-bond donors (Lipinski definition) is 1. The maximum atomic E-state index is 5.95. The van der Waals surface area contributed by atoms with E-state index in [9.17, 15) is 0 Å². The van der Waals surface area contributed by atoms with E-state index < -0.39 is 0 Å². The summed E-state index contributed by atoms with van der Waals surface area (Å²) in [6.07, 6.45) is 1.85. The average molecular weight is 276 g/mol. The summed E-state index contributed by atoms with van der Waals surface area (Å²) in [5, 5.41) is 4.14. The van der Waals surface area contributed by atoms with Gasteiger partial charge in [-0.05, 0) is 42.3 Å². The summed E-state index contributed by atoms with van der Waals surface area (Å²) >= 11 is 5.95. The molecule has 1 heterocycles. The highest BCUT2D eigenvalue weighted by Crippen LogP contribution is 2.17. The minimum Gasteiger partial charge on any atom is -0.380 e. The van der Waals surface area contributed by atoms with Crippen LogP contribution >= 0.6 is 11.6 Å². The molecule has 0 atom stereocenters. The Bertz CT molecular complexity index is 550. The highest BCUT2D eigenvalue weighted by molar-refractivity contribution is 6.30. The number of rotatable bonds is 4. The lowest BCUT2D eigenvalue weighted by atomic mass is 10.1. The standard InChI is InChI=1S/C15H18ClN3/c1-11-8-13(16)5-4-12(11)9-17-14-6-7-15(18-10-14)19(2)3/h4-8,10,17H,9H2,1-3H3. The molecule has 0 bridgehead atoms. The van der Waals surface area contributed by atoms with Gasteiger partial charge in [-0.3, -0.25) is 0 Å². The molecule has 2 aromatic rings. The van der Waals surface area contributed by atoms with Crippen LogP contribution in [-0.2, 0) is 6.54 Å². The third-order valence-corrected chi connectivity index (χ3v) is 3.23. The summed E-state index contributed by atoms with van der Waals surface area (Å²) in [4.78, 5) is 6.35. The number of aryl methyl sites for hydroxylation is 1. The van der Waals surface area contributed by atoms with Crippen LogP contribution < -0.4 is 10.2 Å². The van der Waals surface area contributed by atoms with Gasteiger partial charge in [-0.1, -0.05) is 17.7 Å². The molecule has 0 amide bonds. The van der Waals surface area contributed by atoms with E-state index in [4.69, 9.17) is 11.6 Å². The van der Waals surface area contributed by atoms with E-state index in [0.29, 0.717) is 0 Å². The minimum atomic E-state index is 0.770. The van der Waals surface area contributed by atoms with Crippen molar-refractivity contribution in [3.63, 3.8) is 0 Å². The van der Waals surface area contributed by atoms with Crippen molar-refractivity contribution in [1.82, 2.24) is 4.98 Å². The van der Waals surface area contributed by atoms with Gasteiger partial charge in [0.1, 0.15) is 5.82 Å². The van der Waals surface area contributed by atoms with Crippen molar-refractivity contribution >= 4 is 23.1 Å². The van der Waals surface area contributed by atoms with Crippen LogP contribution in [0, 0.1) is 6.92 Å². The van der Waals surface area contributed by atoms with Crippen molar-refractivity contribution in [3.05, 3.63) is 52.7 Å². The monoisotopic (exact) mass is 275 g/mol. The number of nitrogens with one attached hydrogen (secondary N) is 1. The van der Waals surface area contributed by atoms with E-state index >= 15 is 0 Å². The van der Waals surface area contributed by atoms with Crippen LogP contribution in [-0.4, -0.2) is 19.1 Å². The third-order valence-electron chi connectivity index (χ3n) is 2.99. The molecule has 0 spiro atoms. The predicted octanol–water partition coefficient (Wildman–Crippen LogP) is 3.72. The zero-order valence-electron chi connectivity index (χ0n) is 11.4. The van der Waals surface area contributed by atoms with Crippen molar-refractivity contribution in [2.45, 2.75) is 13.5 Å². The quantitative estimate of drug-likeness (QED) is 0.922. The molecular formula is C15H18ClN3. The van der Waals surface area contributed by atoms with Gasteiger partial charge < -0.3 is 10.2 Å². The number of hydrogen-bond acceptors (Lipinski definition) is 3. The lowest BCUT2D eigenvalue weighted by Crippen LogP contribution is -2.10. The Morgan fingerprint density at radius 2 is 2.00 bits per heavy atom. The van der Waals surface area contributed by atoms with Gasteiger partial charge in [0.2, 0.25) is 0 Å². The highest BCUT2D eigenvalue weighted by Gasteiger charge is 2.01. The number of benzene rings is 1. The van der Waals surface area contributed by atoms with Crippen LogP contribution in [0.2, 0.25) is 5.02 Å². The highest BCUT2D eigenvalue weighted by atomic mass is 35.5. The third kappa shape index (κ3) is 3.61. The first-order valence-electron chi connectivity index (χ1n) is 6.18. The van der Waals surface area contributed by atoms with Gasteiger partial charge in [-0.2, -0.15) is 0 Å². The van der Waals surface area contributed by atoms with Crippen molar-refractivity contribution in [1.29, 1.82) is 0 Å². The molecule has 0 unspecified atom stereocenters. The van der Waals surface area contributed by atoms with Crippen LogP contribution in [0.1, 0.15) is 11.1 Å². The van der Waals surface area contributed by atoms with Crippen LogP contribution in [0.5, 0.6) is 0 Å². The molecule has 3 nitrogen and oxygen atoms in total. The van der Waals surface area contributed by atoms with E-state index in [0.717, 1.165) is 23.1 Å². The second-order valence-corrected chi connectivity index (χ2v) is 5.16. The van der Waals surface area contributed by atoms with Gasteiger partial charge in [-0.15, -0.1) is 0 Å². The maximum absolute atomic E-state index is 5.95. The van der Waals surface area contributed by atoms with Gasteiger partial charge in [0.25, 0.3) is 0 Å². The van der Waals surface area contributed by atoms with Crippen LogP contribution in [0.4, 0.5) is 11.5 Å². The molecule has 100 valence electrons. The van der Waals surface area contributed by atoms with E-state index in [2.05, 4.69) is 17.2 Å². The average Bonchev–Trinajstić information content (AvgIpc) is 2.38. The zero-order chi connectivity index (χ0) is 13.8. The number of nitrogens with zero attached hydrogens (tertiary/aromatic N) is 2. The Labute approximate surface area is 119 Å². The fraction of sp³-hybridized carbons (Fsp3) is 0.267. The van der Waals surface area contributed by atoms with E-state index in [1.54, 1.807) is 0 Å². The lowest BCUT2D eigenvalue weighted by molar-refractivity contribution is 1.06. The molecular weight excluding hydrogens is 258 g/mol. The van der Waals surface area contributed by atoms with Crippen molar-refractivity contribution < 1.29 is 0 Å². The summed E-state index contributed by atoms with van der Waals surface area (Å²) in [5.41, 5.74) is 3.44. The first kappa shape index (κ1) is 13.7. The van der Waals surface area contributed by atoms with E-state index in [1.807, 2.05) is 55.5 Å². The van der Waals surface area contributed by atoms with Gasteiger partial charge in [-0.25, -0.2) is 4.98 Å². The van der Waals surface area contributed by atoms with Crippen molar-refractivity contribution in [2.75, 3.05) is 24.3 Å². The van der Waals surface area contributed by atoms with Crippen LogP contribution in [0.15, 0.2) is 36.5 Å². The second kappa shape index (κ2) is 5.93. The molecule has 1 aromatic heterocycles. The minimum absolute atomic E-state index is 0.770. The molecule has 0 fully saturated rings. The summed E-state index contributed by atoms with van der Waals surface area (Å²) < 4.78 is 0. The Balaban J connectivity index is 2.02. The summed E-state index contributed by atoms with van der Waals surface area (Å²) in [6, 6.07) is 9.97. The smallest absolute Gasteiger partial charge is 0.128 e. The van der Waals surface area contributed by atoms with Gasteiger partial charge in [0, 0.05) is 25.7 Å². The first-order valence-corrected chi connectivity index (χ1v) is 6.56. The number of halogens is 1. The number of pyridine rings is 1. The Kier molecular flexibility index (Phi) is 4.27. The molecule has 1 aromatic carbocycles. The van der Waals surface area contributed by atoms with Crippen LogP contribution in [0.25, 0.3) is 0 Å². The summed E-state index contributed by atoms with van der Waals surface area (Å²) in [5.74, 6) is 0.952. The number of anilines is 2. The molecule has 0 aliphatic rings. The Morgan fingerprint density at radius 3 is 2.58 bits per heavy atom. The number of aromatic nitrogens is 1. The SMILES string of the molecule is Cc1cc(Cl)ccc1CNc1ccc(N(C)C)nc1. The molecule has 2 rings (SSSR count). The molecule has 1 N–H and O–H groups in total. The normalized spacial score (nSPS) is 10.3. The Hall–Kier alpha value is -1.74.